The van der Waals surface area contributed by atoms with Crippen molar-refractivity contribution in [2.24, 2.45) is 0 Å². The van der Waals surface area contributed by atoms with Gasteiger partial charge in [-0.1, -0.05) is 145 Å². The molecule has 1 heteroatoms. The molecule has 0 radical (unpaired) electrons. The number of hydrogen-bond acceptors (Lipinski definition) is 1. The molecule has 8 aromatic carbocycles. The van der Waals surface area contributed by atoms with Gasteiger partial charge in [-0.25, -0.2) is 0 Å². The van der Waals surface area contributed by atoms with Crippen molar-refractivity contribution in [3.63, 3.8) is 0 Å². The van der Waals surface area contributed by atoms with Crippen LogP contribution in [0.25, 0.3) is 88.0 Å². The zero-order valence-corrected chi connectivity index (χ0v) is 24.0. The summed E-state index contributed by atoms with van der Waals surface area (Å²) < 4.78 is 78.0. The Kier molecular flexibility index (Phi) is 4.30. The molecule has 0 saturated heterocycles. The Morgan fingerprint density at radius 1 is 0.333 bits per heavy atom. The van der Waals surface area contributed by atoms with Gasteiger partial charge in [0.05, 0.1) is 11.0 Å². The van der Waals surface area contributed by atoms with Gasteiger partial charge in [-0.3, -0.25) is 0 Å². The van der Waals surface area contributed by atoms with Gasteiger partial charge >= 0.3 is 0 Å². The molecule has 1 heterocycles. The fraction of sp³-hybridized carbons (Fsp3) is 0. The highest BCUT2D eigenvalue weighted by molar-refractivity contribution is 6.21. The smallest absolute Gasteiger partial charge is 0.136 e. The highest BCUT2D eigenvalue weighted by Gasteiger charge is 2.17. The fourth-order valence-corrected chi connectivity index (χ4v) is 6.42. The SMILES string of the molecule is [2H]c1c([2H])c([2H])c2c(-c3cccc(-c4ccccc4)c3)c3c([2H])c([2H])c([2H])c([2H])c3c(-c3ccc(-c4ccc5c(c4)oc4ccccc45)cc3)c2c1[2H]. The van der Waals surface area contributed by atoms with Gasteiger partial charge in [0.15, 0.2) is 0 Å². The van der Waals surface area contributed by atoms with E-state index < -0.39 is 24.2 Å². The third kappa shape index (κ3) is 4.24. The Hall–Kier alpha value is -5.92. The third-order valence-corrected chi connectivity index (χ3v) is 8.52. The zero-order chi connectivity index (χ0) is 36.7. The molecule has 0 unspecified atom stereocenters. The quantitative estimate of drug-likeness (QED) is 0.189. The van der Waals surface area contributed by atoms with Crippen LogP contribution < -0.4 is 0 Å². The molecule has 1 nitrogen and oxygen atoms in total. The van der Waals surface area contributed by atoms with Crippen LogP contribution in [0.3, 0.4) is 0 Å². The first-order chi connectivity index (χ1) is 25.6. The first-order valence-corrected chi connectivity index (χ1v) is 14.8. The first kappa shape index (κ1) is 18.7. The second kappa shape index (κ2) is 10.4. The number of furan rings is 1. The van der Waals surface area contributed by atoms with Gasteiger partial charge in [-0.15, -0.1) is 0 Å². The normalized spacial score (nSPS) is 14.0. The molecule has 0 aliphatic rings. The molecule has 0 bridgehead atoms. The van der Waals surface area contributed by atoms with Crippen molar-refractivity contribution in [2.45, 2.75) is 0 Å². The lowest BCUT2D eigenvalue weighted by molar-refractivity contribution is 0.669. The van der Waals surface area contributed by atoms with E-state index in [1.54, 1.807) is 0 Å². The minimum absolute atomic E-state index is 0.185. The molecule has 0 spiro atoms. The summed E-state index contributed by atoms with van der Waals surface area (Å²) in [5.74, 6) is 0. The average molecular weight is 581 g/mol. The van der Waals surface area contributed by atoms with Crippen LogP contribution in [0.1, 0.15) is 11.0 Å². The fourth-order valence-electron chi connectivity index (χ4n) is 6.42. The van der Waals surface area contributed by atoms with E-state index in [4.69, 9.17) is 9.90 Å². The topological polar surface area (TPSA) is 13.1 Å². The highest BCUT2D eigenvalue weighted by atomic mass is 16.3. The van der Waals surface area contributed by atoms with Crippen LogP contribution in [-0.2, 0) is 0 Å². The Labute approximate surface area is 272 Å². The molecule has 0 saturated carbocycles. The van der Waals surface area contributed by atoms with Gasteiger partial charge in [0.25, 0.3) is 0 Å². The van der Waals surface area contributed by atoms with E-state index in [1.807, 2.05) is 121 Å². The van der Waals surface area contributed by atoms with Crippen molar-refractivity contribution in [1.82, 2.24) is 0 Å². The van der Waals surface area contributed by atoms with Gasteiger partial charge in [-0.2, -0.15) is 0 Å². The van der Waals surface area contributed by atoms with Crippen LogP contribution in [-0.4, -0.2) is 0 Å². The van der Waals surface area contributed by atoms with Crippen LogP contribution in [0.5, 0.6) is 0 Å². The second-order valence-electron chi connectivity index (χ2n) is 11.1. The highest BCUT2D eigenvalue weighted by Crippen LogP contribution is 2.44. The molecule has 0 aliphatic carbocycles. The van der Waals surface area contributed by atoms with Crippen LogP contribution in [0, 0.1) is 0 Å². The van der Waals surface area contributed by atoms with Crippen molar-refractivity contribution < 1.29 is 15.4 Å². The molecule has 0 N–H and O–H groups in total. The molecule has 0 amide bonds. The Morgan fingerprint density at radius 3 is 1.53 bits per heavy atom. The molecule has 210 valence electrons. The number of para-hydroxylation sites is 1. The van der Waals surface area contributed by atoms with Crippen LogP contribution in [0.4, 0.5) is 0 Å². The summed E-state index contributed by atoms with van der Waals surface area (Å²) in [5, 5.41) is 2.79. The Bertz CT molecular complexity index is 2890. The number of hydrogen-bond donors (Lipinski definition) is 0. The van der Waals surface area contributed by atoms with Gasteiger partial charge in [-0.05, 0) is 90.3 Å². The van der Waals surface area contributed by atoms with Crippen LogP contribution in [0.15, 0.2) is 174 Å². The summed E-state index contributed by atoms with van der Waals surface area (Å²) in [4.78, 5) is 0. The van der Waals surface area contributed by atoms with E-state index >= 15 is 0 Å². The maximum atomic E-state index is 9.25. The predicted molar refractivity (Wildman–Crippen MR) is 190 cm³/mol. The third-order valence-electron chi connectivity index (χ3n) is 8.52. The molecule has 45 heavy (non-hydrogen) atoms. The molecular weight excluding hydrogens is 544 g/mol. The van der Waals surface area contributed by atoms with E-state index in [9.17, 15) is 5.48 Å². The molecule has 9 rings (SSSR count). The lowest BCUT2D eigenvalue weighted by Crippen LogP contribution is -1.91. The van der Waals surface area contributed by atoms with Gasteiger partial charge in [0.2, 0.25) is 0 Å². The molecule has 0 atom stereocenters. The Balaban J connectivity index is 1.35. The molecule has 9 aromatic rings. The number of benzene rings is 8. The van der Waals surface area contributed by atoms with E-state index in [0.717, 1.165) is 44.2 Å². The molecule has 1 aromatic heterocycles. The zero-order valence-electron chi connectivity index (χ0n) is 32.0. The standard InChI is InChI=1S/C44H28O/c1-2-11-29(12-3-1)32-13-10-14-34(27-32)44-39-18-6-4-16-37(39)43(38-17-5-7-19-40(38)44)31-23-21-30(22-24-31)33-25-26-36-35-15-8-9-20-41(35)45-42(36)28-33/h1-28H/i4D,5D,6D,7D,16D,17D,18D,19D. The van der Waals surface area contributed by atoms with E-state index in [0.29, 0.717) is 22.3 Å². The van der Waals surface area contributed by atoms with Crippen molar-refractivity contribution in [2.75, 3.05) is 0 Å². The van der Waals surface area contributed by atoms with E-state index in [1.165, 1.54) is 0 Å². The monoisotopic (exact) mass is 580 g/mol. The Morgan fingerprint density at radius 2 is 0.822 bits per heavy atom. The minimum atomic E-state index is -0.427. The predicted octanol–water partition coefficient (Wildman–Crippen LogP) is 12.6. The first-order valence-electron chi connectivity index (χ1n) is 18.8. The number of fused-ring (bicyclic) bond motifs is 5. The van der Waals surface area contributed by atoms with E-state index in [-0.39, 0.29) is 45.7 Å². The van der Waals surface area contributed by atoms with Crippen LogP contribution in [0.2, 0.25) is 0 Å². The summed E-state index contributed by atoms with van der Waals surface area (Å²) in [6, 6.07) is 35.8. The lowest BCUT2D eigenvalue weighted by Gasteiger charge is -2.18. The van der Waals surface area contributed by atoms with Crippen molar-refractivity contribution in [1.29, 1.82) is 0 Å². The second-order valence-corrected chi connectivity index (χ2v) is 11.1. The minimum Gasteiger partial charge on any atom is -0.456 e. The van der Waals surface area contributed by atoms with Crippen molar-refractivity contribution >= 4 is 43.5 Å². The van der Waals surface area contributed by atoms with Gasteiger partial charge in [0.1, 0.15) is 11.2 Å². The van der Waals surface area contributed by atoms with Crippen molar-refractivity contribution in [3.8, 4) is 44.5 Å². The molecule has 0 fully saturated rings. The van der Waals surface area contributed by atoms with Crippen LogP contribution >= 0.6 is 0 Å². The van der Waals surface area contributed by atoms with Gasteiger partial charge in [0, 0.05) is 10.8 Å². The van der Waals surface area contributed by atoms with Crippen molar-refractivity contribution in [3.05, 3.63) is 170 Å². The van der Waals surface area contributed by atoms with Gasteiger partial charge < -0.3 is 4.42 Å². The summed E-state index contributed by atoms with van der Waals surface area (Å²) in [6.45, 7) is 0. The maximum absolute atomic E-state index is 9.25. The van der Waals surface area contributed by atoms with E-state index in [2.05, 4.69) is 0 Å². The average Bonchev–Trinajstić information content (AvgIpc) is 3.58. The number of rotatable bonds is 4. The molecule has 0 aliphatic heterocycles. The summed E-state index contributed by atoms with van der Waals surface area (Å²) in [7, 11) is 0. The molecular formula is C44H28O. The summed E-state index contributed by atoms with van der Waals surface area (Å²) in [5.41, 5.74) is 6.89. The largest absolute Gasteiger partial charge is 0.456 e. The maximum Gasteiger partial charge on any atom is 0.136 e. The lowest BCUT2D eigenvalue weighted by atomic mass is 9.85. The summed E-state index contributed by atoms with van der Waals surface area (Å²) in [6.07, 6.45) is 0. The summed E-state index contributed by atoms with van der Waals surface area (Å²) >= 11 is 0.